The van der Waals surface area contributed by atoms with Gasteiger partial charge in [-0.3, -0.25) is 4.90 Å². The second kappa shape index (κ2) is 7.97. The van der Waals surface area contributed by atoms with Crippen LogP contribution in [0.2, 0.25) is 0 Å². The maximum absolute atomic E-state index is 5.88. The summed E-state index contributed by atoms with van der Waals surface area (Å²) in [6.45, 7) is 11.2. The molecule has 0 bridgehead atoms. The van der Waals surface area contributed by atoms with Gasteiger partial charge in [0.2, 0.25) is 0 Å². The molecule has 1 aliphatic heterocycles. The average molecular weight is 294 g/mol. The minimum Gasteiger partial charge on any atom is -0.465 e. The lowest BCUT2D eigenvalue weighted by atomic mass is 10.2. The fraction of sp³-hybridized carbons (Fsp3) is 0.765. The van der Waals surface area contributed by atoms with Crippen molar-refractivity contribution >= 4 is 0 Å². The van der Waals surface area contributed by atoms with Gasteiger partial charge in [0.05, 0.1) is 12.6 Å². The molecule has 0 amide bonds. The van der Waals surface area contributed by atoms with E-state index in [1.807, 2.05) is 0 Å². The molecule has 1 atom stereocenters. The van der Waals surface area contributed by atoms with Gasteiger partial charge < -0.3 is 14.5 Å². The normalized spacial score (nSPS) is 19.0. The van der Waals surface area contributed by atoms with Gasteiger partial charge in [-0.1, -0.05) is 13.8 Å². The van der Waals surface area contributed by atoms with E-state index in [-0.39, 0.29) is 0 Å². The summed E-state index contributed by atoms with van der Waals surface area (Å²) in [5, 5.41) is 3.47. The van der Waals surface area contributed by atoms with E-state index in [0.717, 1.165) is 44.3 Å². The Morgan fingerprint density at radius 2 is 2.24 bits per heavy atom. The first-order chi connectivity index (χ1) is 10.0. The molecule has 0 aliphatic carbocycles. The minimum atomic E-state index is 0.401. The molecule has 4 heteroatoms. The highest BCUT2D eigenvalue weighted by molar-refractivity contribution is 5.20. The van der Waals surface area contributed by atoms with Crippen LogP contribution in [0.15, 0.2) is 10.5 Å². The Morgan fingerprint density at radius 1 is 1.43 bits per heavy atom. The van der Waals surface area contributed by atoms with Crippen LogP contribution in [0.5, 0.6) is 0 Å². The van der Waals surface area contributed by atoms with Crippen molar-refractivity contribution in [3.8, 4) is 0 Å². The first kappa shape index (κ1) is 16.5. The molecule has 0 saturated carbocycles. The molecule has 120 valence electrons. The van der Waals surface area contributed by atoms with Crippen molar-refractivity contribution in [2.75, 3.05) is 26.7 Å². The maximum Gasteiger partial charge on any atom is 0.118 e. The third-order valence-corrected chi connectivity index (χ3v) is 3.90. The molecule has 0 spiro atoms. The SMILES string of the molecule is Cc1oc(CN(C)CC2CCCO2)cc1CNCC(C)C. The van der Waals surface area contributed by atoms with Crippen LogP contribution < -0.4 is 5.32 Å². The average Bonchev–Trinajstić information content (AvgIpc) is 3.00. The van der Waals surface area contributed by atoms with Crippen LogP contribution in [0.1, 0.15) is 43.8 Å². The summed E-state index contributed by atoms with van der Waals surface area (Å²) < 4.78 is 11.6. The summed E-state index contributed by atoms with van der Waals surface area (Å²) in [4.78, 5) is 2.29. The van der Waals surface area contributed by atoms with Crippen LogP contribution in [-0.2, 0) is 17.8 Å². The molecule has 0 aromatic carbocycles. The smallest absolute Gasteiger partial charge is 0.118 e. The van der Waals surface area contributed by atoms with Crippen LogP contribution in [0.4, 0.5) is 0 Å². The van der Waals surface area contributed by atoms with E-state index in [0.29, 0.717) is 12.0 Å². The van der Waals surface area contributed by atoms with Gasteiger partial charge in [-0.25, -0.2) is 0 Å². The Morgan fingerprint density at radius 3 is 2.90 bits per heavy atom. The first-order valence-corrected chi connectivity index (χ1v) is 8.13. The standard InChI is InChI=1S/C17H30N2O2/c1-13(2)9-18-10-15-8-17(21-14(15)3)12-19(4)11-16-6-5-7-20-16/h8,13,16,18H,5-7,9-12H2,1-4H3. The van der Waals surface area contributed by atoms with E-state index < -0.39 is 0 Å². The zero-order chi connectivity index (χ0) is 15.2. The van der Waals surface area contributed by atoms with Crippen LogP contribution in [0, 0.1) is 12.8 Å². The van der Waals surface area contributed by atoms with Crippen LogP contribution in [0.25, 0.3) is 0 Å². The van der Waals surface area contributed by atoms with Crippen molar-refractivity contribution in [1.29, 1.82) is 0 Å². The van der Waals surface area contributed by atoms with Gasteiger partial charge >= 0.3 is 0 Å². The largest absolute Gasteiger partial charge is 0.465 e. The zero-order valence-corrected chi connectivity index (χ0v) is 13.9. The van der Waals surface area contributed by atoms with Crippen LogP contribution in [-0.4, -0.2) is 37.7 Å². The molecule has 1 aromatic rings. The van der Waals surface area contributed by atoms with Gasteiger partial charge in [0.25, 0.3) is 0 Å². The molecular formula is C17H30N2O2. The van der Waals surface area contributed by atoms with Gasteiger partial charge in [-0.05, 0) is 45.3 Å². The van der Waals surface area contributed by atoms with E-state index in [4.69, 9.17) is 9.15 Å². The third kappa shape index (κ3) is 5.46. The van der Waals surface area contributed by atoms with Gasteiger partial charge in [0, 0.05) is 25.3 Å². The molecule has 4 nitrogen and oxygen atoms in total. The number of likely N-dealkylation sites (N-methyl/N-ethyl adjacent to an activating group) is 1. The molecule has 0 radical (unpaired) electrons. The lowest BCUT2D eigenvalue weighted by Gasteiger charge is -2.19. The number of aryl methyl sites for hydroxylation is 1. The summed E-state index contributed by atoms with van der Waals surface area (Å²) in [5.74, 6) is 2.76. The van der Waals surface area contributed by atoms with Crippen molar-refractivity contribution in [2.45, 2.75) is 52.8 Å². The number of ether oxygens (including phenoxy) is 1. The number of furan rings is 1. The summed E-state index contributed by atoms with van der Waals surface area (Å²) in [6.07, 6.45) is 2.79. The topological polar surface area (TPSA) is 37.6 Å². The Kier molecular flexibility index (Phi) is 6.27. The summed E-state index contributed by atoms with van der Waals surface area (Å²) >= 11 is 0. The Balaban J connectivity index is 1.80. The number of hydrogen-bond donors (Lipinski definition) is 1. The van der Waals surface area contributed by atoms with Gasteiger partial charge in [-0.15, -0.1) is 0 Å². The lowest BCUT2D eigenvalue weighted by Crippen LogP contribution is -2.28. The number of nitrogens with zero attached hydrogens (tertiary/aromatic N) is 1. The highest BCUT2D eigenvalue weighted by Crippen LogP contribution is 2.18. The van der Waals surface area contributed by atoms with Crippen molar-refractivity contribution in [3.63, 3.8) is 0 Å². The molecule has 1 fully saturated rings. The van der Waals surface area contributed by atoms with Crippen molar-refractivity contribution < 1.29 is 9.15 Å². The molecule has 21 heavy (non-hydrogen) atoms. The van der Waals surface area contributed by atoms with Gasteiger partial charge in [-0.2, -0.15) is 0 Å². The van der Waals surface area contributed by atoms with E-state index in [2.05, 4.69) is 44.1 Å². The minimum absolute atomic E-state index is 0.401. The molecule has 1 aliphatic rings. The van der Waals surface area contributed by atoms with E-state index in [1.165, 1.54) is 18.4 Å². The predicted octanol–water partition coefficient (Wildman–Crippen LogP) is 2.94. The summed E-state index contributed by atoms with van der Waals surface area (Å²) in [7, 11) is 2.14. The van der Waals surface area contributed by atoms with Crippen LogP contribution >= 0.6 is 0 Å². The van der Waals surface area contributed by atoms with Crippen molar-refractivity contribution in [1.82, 2.24) is 10.2 Å². The predicted molar refractivity (Wildman–Crippen MR) is 85.3 cm³/mol. The summed E-state index contributed by atoms with van der Waals surface area (Å²) in [6, 6.07) is 2.19. The fourth-order valence-corrected chi connectivity index (χ4v) is 2.80. The van der Waals surface area contributed by atoms with Gasteiger partial charge in [0.1, 0.15) is 11.5 Å². The number of hydrogen-bond acceptors (Lipinski definition) is 4. The molecule has 1 N–H and O–H groups in total. The molecule has 1 aromatic heterocycles. The Labute approximate surface area is 128 Å². The number of nitrogens with one attached hydrogen (secondary N) is 1. The molecule has 2 heterocycles. The van der Waals surface area contributed by atoms with E-state index >= 15 is 0 Å². The molecular weight excluding hydrogens is 264 g/mol. The quantitative estimate of drug-likeness (QED) is 0.800. The molecule has 1 unspecified atom stereocenters. The van der Waals surface area contributed by atoms with E-state index in [9.17, 15) is 0 Å². The fourth-order valence-electron chi connectivity index (χ4n) is 2.80. The van der Waals surface area contributed by atoms with Crippen LogP contribution in [0.3, 0.4) is 0 Å². The maximum atomic E-state index is 5.88. The Hall–Kier alpha value is -0.840. The Bertz CT molecular complexity index is 422. The summed E-state index contributed by atoms with van der Waals surface area (Å²) in [5.41, 5.74) is 1.27. The molecule has 2 rings (SSSR count). The van der Waals surface area contributed by atoms with Gasteiger partial charge in [0.15, 0.2) is 0 Å². The second-order valence-corrected chi connectivity index (χ2v) is 6.65. The van der Waals surface area contributed by atoms with Crippen molar-refractivity contribution in [2.24, 2.45) is 5.92 Å². The molecule has 1 saturated heterocycles. The monoisotopic (exact) mass is 294 g/mol. The highest BCUT2D eigenvalue weighted by atomic mass is 16.5. The zero-order valence-electron chi connectivity index (χ0n) is 13.9. The third-order valence-electron chi connectivity index (χ3n) is 3.90. The van der Waals surface area contributed by atoms with E-state index in [1.54, 1.807) is 0 Å². The van der Waals surface area contributed by atoms with Crippen molar-refractivity contribution in [3.05, 3.63) is 23.2 Å². The highest BCUT2D eigenvalue weighted by Gasteiger charge is 2.18. The second-order valence-electron chi connectivity index (χ2n) is 6.65. The number of rotatable bonds is 8. The lowest BCUT2D eigenvalue weighted by molar-refractivity contribution is 0.0774. The first-order valence-electron chi connectivity index (χ1n) is 8.13.